The van der Waals surface area contributed by atoms with Crippen molar-refractivity contribution in [1.29, 1.82) is 0 Å². The molecule has 1 aromatic carbocycles. The van der Waals surface area contributed by atoms with Gasteiger partial charge in [0.2, 0.25) is 5.91 Å². The van der Waals surface area contributed by atoms with Crippen molar-refractivity contribution in [2.24, 2.45) is 4.99 Å². The van der Waals surface area contributed by atoms with Crippen LogP contribution in [0.2, 0.25) is 0 Å². The molecule has 0 bridgehead atoms. The topological polar surface area (TPSA) is 87.6 Å². The van der Waals surface area contributed by atoms with E-state index >= 15 is 0 Å². The van der Waals surface area contributed by atoms with Crippen LogP contribution in [0.4, 0.5) is 5.69 Å². The molecule has 3 N–H and O–H groups in total. The molecule has 0 aliphatic rings. The molecule has 1 heterocycles. The fourth-order valence-corrected chi connectivity index (χ4v) is 3.07. The van der Waals surface area contributed by atoms with Gasteiger partial charge < -0.3 is 20.7 Å². The highest BCUT2D eigenvalue weighted by atomic mass is 32.1. The number of amides is 1. The van der Waals surface area contributed by atoms with Crippen LogP contribution in [0.3, 0.4) is 0 Å². The Kier molecular flexibility index (Phi) is 7.40. The number of carbonyl (C=O) groups excluding carboxylic acids is 1. The second-order valence-electron chi connectivity index (χ2n) is 5.66. The van der Waals surface area contributed by atoms with Gasteiger partial charge in [-0.1, -0.05) is 6.07 Å². The zero-order valence-corrected chi connectivity index (χ0v) is 16.4. The summed E-state index contributed by atoms with van der Waals surface area (Å²) < 4.78 is 5.70. The average Bonchev–Trinajstić information content (AvgIpc) is 2.92. The number of benzene rings is 1. The molecule has 0 saturated carbocycles. The Morgan fingerprint density at radius 2 is 2.12 bits per heavy atom. The maximum absolute atomic E-state index is 11.1. The van der Waals surface area contributed by atoms with Crippen LogP contribution in [0.25, 0.3) is 0 Å². The number of anilines is 1. The van der Waals surface area contributed by atoms with Crippen molar-refractivity contribution in [3.63, 3.8) is 0 Å². The lowest BCUT2D eigenvalue weighted by atomic mass is 10.3. The van der Waals surface area contributed by atoms with E-state index < -0.39 is 0 Å². The molecule has 1 aromatic heterocycles. The van der Waals surface area contributed by atoms with Crippen LogP contribution in [0.1, 0.15) is 22.5 Å². The summed E-state index contributed by atoms with van der Waals surface area (Å²) in [7, 11) is 1.73. The first-order chi connectivity index (χ1) is 12.5. The Labute approximate surface area is 157 Å². The maximum Gasteiger partial charge on any atom is 0.221 e. The van der Waals surface area contributed by atoms with Crippen molar-refractivity contribution in [2.45, 2.75) is 27.3 Å². The van der Waals surface area contributed by atoms with Gasteiger partial charge in [0.25, 0.3) is 0 Å². The highest BCUT2D eigenvalue weighted by Gasteiger charge is 2.05. The summed E-state index contributed by atoms with van der Waals surface area (Å²) in [5.41, 5.74) is 1.79. The normalized spacial score (nSPS) is 11.2. The zero-order valence-electron chi connectivity index (χ0n) is 15.5. The molecule has 140 valence electrons. The van der Waals surface area contributed by atoms with Crippen LogP contribution in [0.15, 0.2) is 29.3 Å². The van der Waals surface area contributed by atoms with E-state index in [9.17, 15) is 4.79 Å². The molecular weight excluding hydrogens is 350 g/mol. The van der Waals surface area contributed by atoms with Crippen molar-refractivity contribution in [1.82, 2.24) is 15.6 Å². The largest absolute Gasteiger partial charge is 0.492 e. The number of nitrogens with zero attached hydrogens (tertiary/aromatic N) is 2. The first-order valence-electron chi connectivity index (χ1n) is 8.36. The van der Waals surface area contributed by atoms with Crippen molar-refractivity contribution in [2.75, 3.05) is 25.5 Å². The molecule has 0 unspecified atom stereocenters. The number of guanidine groups is 1. The molecular formula is C18H25N5O2S. The number of nitrogens with one attached hydrogen (secondary N) is 3. The van der Waals surface area contributed by atoms with E-state index in [1.165, 1.54) is 11.8 Å². The molecule has 0 aliphatic heterocycles. The number of carbonyl (C=O) groups is 1. The smallest absolute Gasteiger partial charge is 0.221 e. The Balaban J connectivity index is 1.73. The molecule has 0 atom stereocenters. The number of aromatic nitrogens is 1. The van der Waals surface area contributed by atoms with E-state index in [2.05, 4.69) is 32.9 Å². The second kappa shape index (κ2) is 9.76. The second-order valence-corrected chi connectivity index (χ2v) is 6.95. The Morgan fingerprint density at radius 1 is 1.31 bits per heavy atom. The SMILES string of the molecule is CN=C(NCCOc1cccc(NC(C)=O)c1)NCc1nc(C)c(C)s1. The summed E-state index contributed by atoms with van der Waals surface area (Å²) in [5.74, 6) is 1.30. The van der Waals surface area contributed by atoms with Gasteiger partial charge in [0.1, 0.15) is 17.4 Å². The van der Waals surface area contributed by atoms with Crippen LogP contribution < -0.4 is 20.7 Å². The maximum atomic E-state index is 11.1. The summed E-state index contributed by atoms with van der Waals surface area (Å²) in [6.45, 7) is 7.27. The third-order valence-electron chi connectivity index (χ3n) is 3.52. The Hall–Kier alpha value is -2.61. The molecule has 0 radical (unpaired) electrons. The van der Waals surface area contributed by atoms with E-state index in [1.54, 1.807) is 24.5 Å². The lowest BCUT2D eigenvalue weighted by Gasteiger charge is -2.12. The predicted octanol–water partition coefficient (Wildman–Crippen LogP) is 2.46. The van der Waals surface area contributed by atoms with Gasteiger partial charge in [-0.2, -0.15) is 0 Å². The number of aryl methyl sites for hydroxylation is 2. The van der Waals surface area contributed by atoms with E-state index in [0.717, 1.165) is 16.4 Å². The Bertz CT molecular complexity index is 753. The van der Waals surface area contributed by atoms with Crippen molar-refractivity contribution in [3.8, 4) is 5.75 Å². The number of ether oxygens (including phenoxy) is 1. The first kappa shape index (κ1) is 19.7. The fourth-order valence-electron chi connectivity index (χ4n) is 2.20. The van der Waals surface area contributed by atoms with Gasteiger partial charge in [0.15, 0.2) is 5.96 Å². The predicted molar refractivity (Wildman–Crippen MR) is 106 cm³/mol. The van der Waals surface area contributed by atoms with Gasteiger partial charge in [0.05, 0.1) is 18.8 Å². The van der Waals surface area contributed by atoms with Crippen molar-refractivity contribution in [3.05, 3.63) is 39.8 Å². The molecule has 2 aromatic rings. The highest BCUT2D eigenvalue weighted by Crippen LogP contribution is 2.17. The molecule has 8 heteroatoms. The standard InChI is InChI=1S/C18H25N5O2S/c1-12-13(2)26-17(22-12)11-21-18(19-4)20-8-9-25-16-7-5-6-15(10-16)23-14(3)24/h5-7,10H,8-9,11H2,1-4H3,(H,23,24)(H2,19,20,21). The van der Waals surface area contributed by atoms with Crippen LogP contribution in [-0.4, -0.2) is 37.1 Å². The Morgan fingerprint density at radius 3 is 2.77 bits per heavy atom. The van der Waals surface area contributed by atoms with Gasteiger partial charge in [0, 0.05) is 30.6 Å². The molecule has 26 heavy (non-hydrogen) atoms. The lowest BCUT2D eigenvalue weighted by molar-refractivity contribution is -0.114. The van der Waals surface area contributed by atoms with Gasteiger partial charge in [-0.3, -0.25) is 9.79 Å². The van der Waals surface area contributed by atoms with Gasteiger partial charge in [-0.25, -0.2) is 4.98 Å². The van der Waals surface area contributed by atoms with E-state index in [-0.39, 0.29) is 5.91 Å². The number of rotatable bonds is 7. The summed E-state index contributed by atoms with van der Waals surface area (Å²) >= 11 is 1.69. The van der Waals surface area contributed by atoms with Crippen LogP contribution in [-0.2, 0) is 11.3 Å². The minimum Gasteiger partial charge on any atom is -0.492 e. The number of thiazole rings is 1. The van der Waals surface area contributed by atoms with Crippen LogP contribution in [0, 0.1) is 13.8 Å². The molecule has 1 amide bonds. The molecule has 0 saturated heterocycles. The number of aliphatic imine (C=N–C) groups is 1. The monoisotopic (exact) mass is 375 g/mol. The lowest BCUT2D eigenvalue weighted by Crippen LogP contribution is -2.38. The summed E-state index contributed by atoms with van der Waals surface area (Å²) in [4.78, 5) is 21.0. The third kappa shape index (κ3) is 6.36. The third-order valence-corrected chi connectivity index (χ3v) is 4.59. The van der Waals surface area contributed by atoms with E-state index in [4.69, 9.17) is 4.74 Å². The molecule has 7 nitrogen and oxygen atoms in total. The van der Waals surface area contributed by atoms with Crippen LogP contribution in [0.5, 0.6) is 5.75 Å². The molecule has 2 rings (SSSR count). The molecule has 0 spiro atoms. The average molecular weight is 375 g/mol. The minimum absolute atomic E-state index is 0.107. The zero-order chi connectivity index (χ0) is 18.9. The first-order valence-corrected chi connectivity index (χ1v) is 9.17. The summed E-state index contributed by atoms with van der Waals surface area (Å²) in [5, 5.41) is 10.2. The van der Waals surface area contributed by atoms with Crippen molar-refractivity contribution < 1.29 is 9.53 Å². The molecule has 0 fully saturated rings. The van der Waals surface area contributed by atoms with Gasteiger partial charge in [-0.05, 0) is 26.0 Å². The number of hydrogen-bond donors (Lipinski definition) is 3. The highest BCUT2D eigenvalue weighted by molar-refractivity contribution is 7.11. The summed E-state index contributed by atoms with van der Waals surface area (Å²) in [6.07, 6.45) is 0. The van der Waals surface area contributed by atoms with Gasteiger partial charge >= 0.3 is 0 Å². The number of hydrogen-bond acceptors (Lipinski definition) is 5. The van der Waals surface area contributed by atoms with E-state index in [1.807, 2.05) is 25.1 Å². The summed E-state index contributed by atoms with van der Waals surface area (Å²) in [6, 6.07) is 7.31. The van der Waals surface area contributed by atoms with Crippen LogP contribution >= 0.6 is 11.3 Å². The minimum atomic E-state index is -0.107. The van der Waals surface area contributed by atoms with Crippen molar-refractivity contribution >= 4 is 28.9 Å². The van der Waals surface area contributed by atoms with Gasteiger partial charge in [-0.15, -0.1) is 11.3 Å². The fraction of sp³-hybridized carbons (Fsp3) is 0.389. The molecule has 0 aliphatic carbocycles. The quantitative estimate of drug-likeness (QED) is 0.393. The van der Waals surface area contributed by atoms with E-state index in [0.29, 0.717) is 31.4 Å².